The van der Waals surface area contributed by atoms with Crippen molar-refractivity contribution in [1.29, 1.82) is 5.41 Å². The van der Waals surface area contributed by atoms with Gasteiger partial charge in [0.1, 0.15) is 11.6 Å². The molecule has 1 aliphatic rings. The third-order valence-corrected chi connectivity index (χ3v) is 9.42. The standard InChI is InChI=1S/C35H34F3N3OS/c1-5-24(42)16-20-11-8-10-14-27(20)43-28-18-23(34(3,4)6-2)15-22-17-26-31(33(40)41-32(26)39)30(29(22)28)25-13-9-7-12-21(25)19-35(36,37)38/h7-15,17-18H,5-6,16,19H2,1-4H3,(H3,39,40,41). The van der Waals surface area contributed by atoms with Gasteiger partial charge in [-0.2, -0.15) is 13.2 Å². The first-order valence-corrected chi connectivity index (χ1v) is 15.2. The van der Waals surface area contributed by atoms with E-state index < -0.39 is 12.6 Å². The van der Waals surface area contributed by atoms with Gasteiger partial charge in [0.15, 0.2) is 5.84 Å². The first-order valence-electron chi connectivity index (χ1n) is 14.3. The Kier molecular flexibility index (Phi) is 8.27. The molecule has 0 aliphatic carbocycles. The molecule has 0 saturated carbocycles. The first kappa shape index (κ1) is 30.5. The van der Waals surface area contributed by atoms with Crippen LogP contribution in [0.3, 0.4) is 0 Å². The highest BCUT2D eigenvalue weighted by Crippen LogP contribution is 2.47. The quantitative estimate of drug-likeness (QED) is 0.201. The van der Waals surface area contributed by atoms with Crippen LogP contribution in [0.4, 0.5) is 13.2 Å². The number of fused-ring (bicyclic) bond motifs is 2. The highest BCUT2D eigenvalue weighted by molar-refractivity contribution is 7.99. The maximum absolute atomic E-state index is 13.8. The zero-order chi connectivity index (χ0) is 31.1. The van der Waals surface area contributed by atoms with Crippen LogP contribution in [0.15, 0.2) is 81.5 Å². The summed E-state index contributed by atoms with van der Waals surface area (Å²) < 4.78 is 41.5. The Hall–Kier alpha value is -3.91. The number of hydrogen-bond donors (Lipinski definition) is 2. The Balaban J connectivity index is 1.89. The molecular weight excluding hydrogens is 567 g/mol. The van der Waals surface area contributed by atoms with Gasteiger partial charge in [0.25, 0.3) is 0 Å². The minimum atomic E-state index is -4.42. The van der Waals surface area contributed by atoms with E-state index in [0.29, 0.717) is 35.1 Å². The first-order chi connectivity index (χ1) is 20.3. The molecule has 4 aromatic carbocycles. The number of hydrogen-bond acceptors (Lipinski definition) is 4. The van der Waals surface area contributed by atoms with E-state index in [4.69, 9.17) is 11.1 Å². The van der Waals surface area contributed by atoms with E-state index in [1.54, 1.807) is 18.2 Å². The van der Waals surface area contributed by atoms with Crippen molar-refractivity contribution in [2.75, 3.05) is 0 Å². The topological polar surface area (TPSA) is 79.3 Å². The maximum Gasteiger partial charge on any atom is 0.393 e. The van der Waals surface area contributed by atoms with Crippen molar-refractivity contribution >= 4 is 40.0 Å². The van der Waals surface area contributed by atoms with Crippen LogP contribution in [0, 0.1) is 5.41 Å². The van der Waals surface area contributed by atoms with E-state index in [1.165, 1.54) is 17.8 Å². The predicted octanol–water partition coefficient (Wildman–Crippen LogP) is 9.02. The van der Waals surface area contributed by atoms with Crippen LogP contribution in [-0.4, -0.2) is 23.6 Å². The minimum absolute atomic E-state index is 0.0123. The third kappa shape index (κ3) is 6.11. The van der Waals surface area contributed by atoms with Gasteiger partial charge in [-0.05, 0) is 57.7 Å². The van der Waals surface area contributed by atoms with Gasteiger partial charge in [0, 0.05) is 44.7 Å². The van der Waals surface area contributed by atoms with Crippen molar-refractivity contribution in [1.82, 2.24) is 0 Å². The zero-order valence-corrected chi connectivity index (χ0v) is 25.5. The number of aliphatic imine (C=N–C) groups is 1. The molecule has 0 amide bonds. The van der Waals surface area contributed by atoms with E-state index in [9.17, 15) is 18.0 Å². The van der Waals surface area contributed by atoms with Gasteiger partial charge in [0.05, 0.1) is 6.42 Å². The lowest BCUT2D eigenvalue weighted by atomic mass is 9.80. The molecule has 1 aliphatic heterocycles. The fraction of sp³-hybridized carbons (Fsp3) is 0.286. The van der Waals surface area contributed by atoms with Gasteiger partial charge in [0.2, 0.25) is 0 Å². The number of benzene rings is 4. The zero-order valence-electron chi connectivity index (χ0n) is 24.7. The average Bonchev–Trinajstić information content (AvgIpc) is 3.24. The van der Waals surface area contributed by atoms with E-state index in [2.05, 4.69) is 37.9 Å². The molecule has 4 nitrogen and oxygen atoms in total. The molecule has 0 fully saturated rings. The Morgan fingerprint density at radius 2 is 1.58 bits per heavy atom. The van der Waals surface area contributed by atoms with Crippen molar-refractivity contribution < 1.29 is 18.0 Å². The summed E-state index contributed by atoms with van der Waals surface area (Å²) in [5.74, 6) is 0.226. The molecule has 1 heterocycles. The number of carbonyl (C=O) groups is 1. The lowest BCUT2D eigenvalue weighted by Gasteiger charge is -2.27. The molecule has 0 unspecified atom stereocenters. The number of nitrogens with one attached hydrogen (secondary N) is 1. The van der Waals surface area contributed by atoms with Crippen molar-refractivity contribution in [3.63, 3.8) is 0 Å². The predicted molar refractivity (Wildman–Crippen MR) is 170 cm³/mol. The van der Waals surface area contributed by atoms with E-state index in [1.807, 2.05) is 37.3 Å². The molecular formula is C35H34F3N3OS. The molecule has 8 heteroatoms. The second kappa shape index (κ2) is 11.6. The van der Waals surface area contributed by atoms with Crippen LogP contribution in [0.25, 0.3) is 21.9 Å². The van der Waals surface area contributed by atoms with Crippen LogP contribution in [-0.2, 0) is 23.1 Å². The van der Waals surface area contributed by atoms with Gasteiger partial charge in [-0.1, -0.05) is 88.0 Å². The number of Topliss-reactive ketones (excluding diaryl/α,β-unsaturated/α-hetero) is 1. The highest BCUT2D eigenvalue weighted by Gasteiger charge is 2.33. The van der Waals surface area contributed by atoms with Crippen molar-refractivity contribution in [2.45, 2.75) is 74.8 Å². The number of amidine groups is 2. The summed E-state index contributed by atoms with van der Waals surface area (Å²) in [7, 11) is 0. The molecule has 0 spiro atoms. The number of carbonyl (C=O) groups excluding carboxylic acids is 1. The summed E-state index contributed by atoms with van der Waals surface area (Å²) in [6.07, 6.45) is -3.93. The Morgan fingerprint density at radius 1 is 0.907 bits per heavy atom. The lowest BCUT2D eigenvalue weighted by molar-refractivity contribution is -0.127. The lowest BCUT2D eigenvalue weighted by Crippen LogP contribution is -2.17. The minimum Gasteiger partial charge on any atom is -0.383 e. The molecule has 5 rings (SSSR count). The second-order valence-electron chi connectivity index (χ2n) is 11.6. The Labute approximate surface area is 254 Å². The molecule has 43 heavy (non-hydrogen) atoms. The smallest absolute Gasteiger partial charge is 0.383 e. The normalized spacial score (nSPS) is 13.4. The highest BCUT2D eigenvalue weighted by atomic mass is 32.2. The van der Waals surface area contributed by atoms with Crippen molar-refractivity contribution in [3.05, 3.63) is 94.5 Å². The average molecular weight is 602 g/mol. The molecule has 0 aromatic heterocycles. The number of ketones is 1. The van der Waals surface area contributed by atoms with E-state index in [0.717, 1.165) is 38.1 Å². The summed E-state index contributed by atoms with van der Waals surface area (Å²) in [6, 6.07) is 20.3. The van der Waals surface area contributed by atoms with Gasteiger partial charge < -0.3 is 5.73 Å². The Bertz CT molecular complexity index is 1790. The molecule has 4 aromatic rings. The summed E-state index contributed by atoms with van der Waals surface area (Å²) >= 11 is 1.50. The van der Waals surface area contributed by atoms with Crippen LogP contribution in [0.5, 0.6) is 0 Å². The van der Waals surface area contributed by atoms with E-state index >= 15 is 0 Å². The fourth-order valence-corrected chi connectivity index (χ4v) is 6.64. The van der Waals surface area contributed by atoms with Crippen molar-refractivity contribution in [3.8, 4) is 11.1 Å². The van der Waals surface area contributed by atoms with Crippen LogP contribution >= 0.6 is 11.8 Å². The number of nitrogens with two attached hydrogens (primary N) is 1. The van der Waals surface area contributed by atoms with Crippen LogP contribution in [0.2, 0.25) is 0 Å². The largest absolute Gasteiger partial charge is 0.393 e. The van der Waals surface area contributed by atoms with E-state index in [-0.39, 0.29) is 28.4 Å². The van der Waals surface area contributed by atoms with Gasteiger partial charge >= 0.3 is 6.18 Å². The van der Waals surface area contributed by atoms with Crippen molar-refractivity contribution in [2.24, 2.45) is 10.7 Å². The molecule has 0 atom stereocenters. The van der Waals surface area contributed by atoms with Gasteiger partial charge in [-0.15, -0.1) is 0 Å². The number of alkyl halides is 3. The summed E-state index contributed by atoms with van der Waals surface area (Å²) in [5, 5.41) is 10.1. The maximum atomic E-state index is 13.8. The van der Waals surface area contributed by atoms with Crippen LogP contribution < -0.4 is 5.73 Å². The SMILES string of the molecule is CCC(=O)Cc1ccccc1Sc1cc(C(C)(C)CC)cc2cc3c(c(-c4ccccc4CC(F)(F)F)c12)C(N)=NC3=N. The molecule has 0 bridgehead atoms. The number of halogens is 3. The summed E-state index contributed by atoms with van der Waals surface area (Å²) in [4.78, 5) is 18.4. The number of nitrogens with zero attached hydrogens (tertiary/aromatic N) is 1. The molecule has 222 valence electrons. The fourth-order valence-electron chi connectivity index (χ4n) is 5.48. The van der Waals surface area contributed by atoms with Gasteiger partial charge in [-0.25, -0.2) is 4.99 Å². The molecule has 0 saturated heterocycles. The Morgan fingerprint density at radius 3 is 2.26 bits per heavy atom. The molecule has 3 N–H and O–H groups in total. The van der Waals surface area contributed by atoms with Gasteiger partial charge in [-0.3, -0.25) is 10.2 Å². The summed E-state index contributed by atoms with van der Waals surface area (Å²) in [6.45, 7) is 8.28. The molecule has 0 radical (unpaired) electrons. The second-order valence-corrected chi connectivity index (χ2v) is 12.6. The monoisotopic (exact) mass is 601 g/mol. The number of rotatable bonds is 9. The summed E-state index contributed by atoms with van der Waals surface area (Å²) in [5.41, 5.74) is 10.2. The third-order valence-electron chi connectivity index (χ3n) is 8.26. The van der Waals surface area contributed by atoms with Crippen LogP contribution in [0.1, 0.15) is 68.4 Å².